The Labute approximate surface area is 197 Å². The molecule has 3 aromatic carbocycles. The maximum atomic E-state index is 14.7. The summed E-state index contributed by atoms with van der Waals surface area (Å²) in [6, 6.07) is 14.3. The summed E-state index contributed by atoms with van der Waals surface area (Å²) in [4.78, 5) is 28.1. The van der Waals surface area contributed by atoms with Crippen LogP contribution in [0.4, 0.5) is 0 Å². The van der Waals surface area contributed by atoms with Crippen molar-refractivity contribution in [2.75, 3.05) is 21.3 Å². The van der Waals surface area contributed by atoms with Crippen LogP contribution in [0, 0.1) is 13.8 Å². The molecule has 0 aliphatic carbocycles. The van der Waals surface area contributed by atoms with E-state index in [0.717, 1.165) is 0 Å². The van der Waals surface area contributed by atoms with Gasteiger partial charge in [0.05, 0.1) is 31.9 Å². The summed E-state index contributed by atoms with van der Waals surface area (Å²) < 4.78 is 31.0. The van der Waals surface area contributed by atoms with Gasteiger partial charge < -0.3 is 18.8 Å². The van der Waals surface area contributed by atoms with Crippen LogP contribution in [0.5, 0.6) is 17.2 Å². The van der Waals surface area contributed by atoms with Crippen molar-refractivity contribution in [3.8, 4) is 17.2 Å². The molecule has 0 radical (unpaired) electrons. The molecule has 0 saturated carbocycles. The normalized spacial score (nSPS) is 12.5. The molecule has 3 rings (SSSR count). The van der Waals surface area contributed by atoms with Gasteiger partial charge in [0.25, 0.3) is 0 Å². The summed E-state index contributed by atoms with van der Waals surface area (Å²) in [5.74, 6) is 0.505. The molecule has 0 aliphatic rings. The molecule has 1 atom stereocenters. The third-order valence-electron chi connectivity index (χ3n) is 5.33. The second-order valence-corrected chi connectivity index (χ2v) is 10.3. The second kappa shape index (κ2) is 9.82. The minimum Gasteiger partial charge on any atom is -0.496 e. The molecule has 6 nitrogen and oxygen atoms in total. The van der Waals surface area contributed by atoms with Gasteiger partial charge >= 0.3 is 0 Å². The van der Waals surface area contributed by atoms with E-state index in [4.69, 9.17) is 25.8 Å². The fourth-order valence-corrected chi connectivity index (χ4v) is 6.46. The highest BCUT2D eigenvalue weighted by molar-refractivity contribution is 8.01. The number of ether oxygens (including phenoxy) is 3. The maximum Gasteiger partial charge on any atom is 0.249 e. The fraction of sp³-hybridized carbons (Fsp3) is 0.200. The molecule has 0 bridgehead atoms. The highest BCUT2D eigenvalue weighted by atomic mass is 35.5. The molecule has 33 heavy (non-hydrogen) atoms. The molecule has 0 aliphatic heterocycles. The molecule has 3 aromatic rings. The number of carbonyl (C=O) groups excluding carboxylic acids is 2. The average Bonchev–Trinajstić information content (AvgIpc) is 2.82. The van der Waals surface area contributed by atoms with Crippen LogP contribution >= 0.6 is 18.7 Å². The van der Waals surface area contributed by atoms with E-state index in [-0.39, 0.29) is 38.7 Å². The van der Waals surface area contributed by atoms with Crippen molar-refractivity contribution in [1.29, 1.82) is 0 Å². The standard InChI is InChI=1S/C25H24ClO6P/c1-15-14-16(2)23(32-5)21(22(15)31-4)25(28)33(29,17-10-7-6-8-11-17)24(27)20-18(26)12-9-13-19(20)30-3/h6-14H,1-5H3. The Balaban J connectivity index is 2.40. The Morgan fingerprint density at radius 1 is 0.758 bits per heavy atom. The lowest BCUT2D eigenvalue weighted by Crippen LogP contribution is -2.22. The number of benzene rings is 3. The smallest absolute Gasteiger partial charge is 0.249 e. The first-order chi connectivity index (χ1) is 15.7. The Morgan fingerprint density at radius 2 is 1.30 bits per heavy atom. The van der Waals surface area contributed by atoms with E-state index in [9.17, 15) is 14.2 Å². The number of hydrogen-bond acceptors (Lipinski definition) is 6. The van der Waals surface area contributed by atoms with Crippen molar-refractivity contribution >= 4 is 35.1 Å². The molecule has 0 N–H and O–H groups in total. The Kier molecular flexibility index (Phi) is 7.31. The van der Waals surface area contributed by atoms with Gasteiger partial charge in [-0.05, 0) is 43.2 Å². The lowest BCUT2D eigenvalue weighted by atomic mass is 10.0. The SMILES string of the molecule is COc1cccc(Cl)c1C(=O)P(=O)(C(=O)c1c(OC)c(C)cc(C)c1OC)c1ccccc1. The van der Waals surface area contributed by atoms with Crippen LogP contribution in [0.3, 0.4) is 0 Å². The molecule has 172 valence electrons. The van der Waals surface area contributed by atoms with Crippen LogP contribution in [-0.2, 0) is 4.57 Å². The largest absolute Gasteiger partial charge is 0.496 e. The van der Waals surface area contributed by atoms with Gasteiger partial charge in [-0.1, -0.05) is 48.0 Å². The minimum atomic E-state index is -4.49. The number of methoxy groups -OCH3 is 3. The summed E-state index contributed by atoms with van der Waals surface area (Å²) in [5.41, 5.74) is -0.720. The molecular formula is C25H24ClO6P. The van der Waals surface area contributed by atoms with Crippen molar-refractivity contribution in [1.82, 2.24) is 0 Å². The van der Waals surface area contributed by atoms with Gasteiger partial charge in [0, 0.05) is 5.30 Å². The molecule has 8 heteroatoms. The van der Waals surface area contributed by atoms with Gasteiger partial charge in [-0.25, -0.2) is 0 Å². The van der Waals surface area contributed by atoms with Gasteiger partial charge in [0.2, 0.25) is 18.2 Å². The first kappa shape index (κ1) is 24.6. The van der Waals surface area contributed by atoms with E-state index in [1.54, 1.807) is 44.2 Å². The minimum absolute atomic E-state index is 0.0302. The van der Waals surface area contributed by atoms with Crippen LogP contribution in [0.1, 0.15) is 31.8 Å². The number of aryl methyl sites for hydroxylation is 2. The maximum absolute atomic E-state index is 14.7. The lowest BCUT2D eigenvalue weighted by Gasteiger charge is -2.22. The van der Waals surface area contributed by atoms with Crippen LogP contribution in [0.2, 0.25) is 5.02 Å². The van der Waals surface area contributed by atoms with E-state index < -0.39 is 18.2 Å². The molecule has 0 saturated heterocycles. The molecule has 0 heterocycles. The molecule has 1 unspecified atom stereocenters. The van der Waals surface area contributed by atoms with Gasteiger partial charge in [0.15, 0.2) is 0 Å². The quantitative estimate of drug-likeness (QED) is 0.383. The topological polar surface area (TPSA) is 78.9 Å². The molecule has 0 fully saturated rings. The summed E-state index contributed by atoms with van der Waals surface area (Å²) >= 11 is 6.33. The number of carbonyl (C=O) groups is 2. The molecule has 0 spiro atoms. The Bertz CT molecular complexity index is 1240. The summed E-state index contributed by atoms with van der Waals surface area (Å²) in [6.07, 6.45) is 0. The summed E-state index contributed by atoms with van der Waals surface area (Å²) in [7, 11) is -0.312. The van der Waals surface area contributed by atoms with E-state index in [0.29, 0.717) is 11.1 Å². The monoisotopic (exact) mass is 486 g/mol. The third-order valence-corrected chi connectivity index (χ3v) is 8.26. The van der Waals surface area contributed by atoms with Crippen molar-refractivity contribution in [2.24, 2.45) is 0 Å². The van der Waals surface area contributed by atoms with Crippen molar-refractivity contribution < 1.29 is 28.4 Å². The average molecular weight is 487 g/mol. The first-order valence-corrected chi connectivity index (χ1v) is 12.1. The molecule has 0 amide bonds. The lowest BCUT2D eigenvalue weighted by molar-refractivity contribution is 0.103. The summed E-state index contributed by atoms with van der Waals surface area (Å²) in [5, 5.41) is 0.105. The van der Waals surface area contributed by atoms with E-state index in [1.807, 2.05) is 0 Å². The summed E-state index contributed by atoms with van der Waals surface area (Å²) in [6.45, 7) is 3.52. The Hall–Kier alpha value is -3.08. The van der Waals surface area contributed by atoms with Gasteiger partial charge in [-0.2, -0.15) is 0 Å². The second-order valence-electron chi connectivity index (χ2n) is 7.32. The third kappa shape index (κ3) is 4.17. The molecular weight excluding hydrogens is 463 g/mol. The van der Waals surface area contributed by atoms with Crippen LogP contribution < -0.4 is 19.5 Å². The highest BCUT2D eigenvalue weighted by Gasteiger charge is 2.47. The zero-order chi connectivity index (χ0) is 24.3. The van der Waals surface area contributed by atoms with Gasteiger partial charge in [-0.15, -0.1) is 0 Å². The predicted octanol–water partition coefficient (Wildman–Crippen LogP) is 5.65. The van der Waals surface area contributed by atoms with E-state index in [1.165, 1.54) is 45.6 Å². The van der Waals surface area contributed by atoms with Crippen molar-refractivity contribution in [3.05, 3.63) is 81.9 Å². The first-order valence-electron chi connectivity index (χ1n) is 10.0. The number of hydrogen-bond donors (Lipinski definition) is 0. The zero-order valence-corrected chi connectivity index (χ0v) is 20.6. The fourth-order valence-electron chi connectivity index (χ4n) is 3.84. The van der Waals surface area contributed by atoms with Gasteiger partial charge in [-0.3, -0.25) is 9.59 Å². The van der Waals surface area contributed by atoms with Gasteiger partial charge in [0.1, 0.15) is 22.8 Å². The van der Waals surface area contributed by atoms with Crippen molar-refractivity contribution in [2.45, 2.75) is 13.8 Å². The number of halogens is 1. The number of rotatable bonds is 8. The predicted molar refractivity (Wildman–Crippen MR) is 129 cm³/mol. The Morgan fingerprint density at radius 3 is 1.82 bits per heavy atom. The van der Waals surface area contributed by atoms with E-state index in [2.05, 4.69) is 0 Å². The highest BCUT2D eigenvalue weighted by Crippen LogP contribution is 2.56. The van der Waals surface area contributed by atoms with Crippen LogP contribution in [-0.4, -0.2) is 32.4 Å². The zero-order valence-electron chi connectivity index (χ0n) is 19.0. The van der Waals surface area contributed by atoms with E-state index >= 15 is 0 Å². The van der Waals surface area contributed by atoms with Crippen molar-refractivity contribution in [3.63, 3.8) is 0 Å². The van der Waals surface area contributed by atoms with Crippen LogP contribution in [0.25, 0.3) is 0 Å². The molecule has 0 aromatic heterocycles. The van der Waals surface area contributed by atoms with Crippen LogP contribution in [0.15, 0.2) is 54.6 Å².